The normalized spacial score (nSPS) is 10.7. The zero-order valence-corrected chi connectivity index (χ0v) is 13.9. The van der Waals surface area contributed by atoms with Gasteiger partial charge in [0.15, 0.2) is 5.65 Å². The van der Waals surface area contributed by atoms with Crippen LogP contribution in [0, 0.1) is 6.92 Å². The number of H-pyrrole nitrogens is 1. The van der Waals surface area contributed by atoms with Crippen LogP contribution in [-0.4, -0.2) is 26.1 Å². The lowest BCUT2D eigenvalue weighted by atomic mass is 10.2. The van der Waals surface area contributed by atoms with Crippen molar-refractivity contribution < 1.29 is 9.53 Å². The number of aryl methyl sites for hydroxylation is 1. The Bertz CT molecular complexity index is 1060. The molecule has 0 aliphatic carbocycles. The van der Waals surface area contributed by atoms with Gasteiger partial charge >= 0.3 is 0 Å². The fourth-order valence-corrected chi connectivity index (χ4v) is 2.48. The molecule has 3 heterocycles. The van der Waals surface area contributed by atoms with Crippen LogP contribution in [-0.2, 0) is 0 Å². The topological polar surface area (TPSA) is 92.8 Å². The van der Waals surface area contributed by atoms with Crippen molar-refractivity contribution in [3.05, 3.63) is 72.2 Å². The number of aromatic nitrogens is 4. The molecule has 3 aromatic heterocycles. The molecular formula is C19H15N5O2. The van der Waals surface area contributed by atoms with Crippen molar-refractivity contribution >= 4 is 22.6 Å². The third kappa shape index (κ3) is 3.23. The van der Waals surface area contributed by atoms with Gasteiger partial charge in [-0.1, -0.05) is 18.2 Å². The molecule has 7 heteroatoms. The summed E-state index contributed by atoms with van der Waals surface area (Å²) in [4.78, 5) is 20.8. The number of nitrogens with one attached hydrogen (secondary N) is 2. The van der Waals surface area contributed by atoms with Gasteiger partial charge < -0.3 is 10.1 Å². The number of ether oxygens (including phenoxy) is 1. The van der Waals surface area contributed by atoms with E-state index in [1.54, 1.807) is 18.3 Å². The fraction of sp³-hybridized carbons (Fsp3) is 0.0526. The van der Waals surface area contributed by atoms with E-state index in [4.69, 9.17) is 4.74 Å². The first-order valence-electron chi connectivity index (χ1n) is 8.00. The van der Waals surface area contributed by atoms with E-state index < -0.39 is 0 Å². The van der Waals surface area contributed by atoms with Crippen LogP contribution in [0.3, 0.4) is 0 Å². The summed E-state index contributed by atoms with van der Waals surface area (Å²) in [7, 11) is 0. The summed E-state index contributed by atoms with van der Waals surface area (Å²) >= 11 is 0. The highest BCUT2D eigenvalue weighted by molar-refractivity contribution is 6.04. The summed E-state index contributed by atoms with van der Waals surface area (Å²) in [6.07, 6.45) is 3.05. The van der Waals surface area contributed by atoms with Crippen LogP contribution in [0.1, 0.15) is 16.1 Å². The third-order valence-electron chi connectivity index (χ3n) is 3.82. The highest BCUT2D eigenvalue weighted by Gasteiger charge is 2.10. The van der Waals surface area contributed by atoms with Crippen molar-refractivity contribution in [1.82, 2.24) is 20.2 Å². The summed E-state index contributed by atoms with van der Waals surface area (Å²) in [5.74, 6) is 0.836. The highest BCUT2D eigenvalue weighted by Crippen LogP contribution is 2.20. The number of carbonyl (C=O) groups is 1. The number of aromatic amines is 1. The zero-order valence-electron chi connectivity index (χ0n) is 13.9. The number of hydrogen-bond donors (Lipinski definition) is 2. The van der Waals surface area contributed by atoms with E-state index in [0.29, 0.717) is 28.5 Å². The van der Waals surface area contributed by atoms with Gasteiger partial charge in [-0.2, -0.15) is 5.10 Å². The molecule has 2 N–H and O–H groups in total. The molecule has 0 bridgehead atoms. The summed E-state index contributed by atoms with van der Waals surface area (Å²) in [6.45, 7) is 1.90. The predicted octanol–water partition coefficient (Wildman–Crippen LogP) is 3.71. The number of rotatable bonds is 4. The summed E-state index contributed by atoms with van der Waals surface area (Å²) in [5.41, 5.74) is 2.53. The summed E-state index contributed by atoms with van der Waals surface area (Å²) in [6, 6.07) is 14.5. The van der Waals surface area contributed by atoms with E-state index >= 15 is 0 Å². The molecule has 7 nitrogen and oxygen atoms in total. The Morgan fingerprint density at radius 3 is 2.69 bits per heavy atom. The highest BCUT2D eigenvalue weighted by atomic mass is 16.5. The molecule has 1 aromatic carbocycles. The molecule has 0 saturated carbocycles. The number of fused-ring (bicyclic) bond motifs is 1. The van der Waals surface area contributed by atoms with E-state index in [0.717, 1.165) is 11.1 Å². The Hall–Kier alpha value is -3.74. The van der Waals surface area contributed by atoms with Crippen molar-refractivity contribution in [1.29, 1.82) is 0 Å². The van der Waals surface area contributed by atoms with Gasteiger partial charge in [0.1, 0.15) is 5.75 Å². The number of pyridine rings is 2. The molecule has 0 spiro atoms. The lowest BCUT2D eigenvalue weighted by Crippen LogP contribution is -2.12. The molecule has 0 unspecified atom stereocenters. The molecule has 1 amide bonds. The lowest BCUT2D eigenvalue weighted by Gasteiger charge is -2.07. The van der Waals surface area contributed by atoms with Crippen molar-refractivity contribution in [3.63, 3.8) is 0 Å². The van der Waals surface area contributed by atoms with Crippen LogP contribution in [0.25, 0.3) is 11.0 Å². The number of carbonyl (C=O) groups excluding carboxylic acids is 1. The number of para-hydroxylation sites is 1. The molecule has 0 radical (unpaired) electrons. The Balaban J connectivity index is 1.48. The Morgan fingerprint density at radius 2 is 1.92 bits per heavy atom. The van der Waals surface area contributed by atoms with E-state index in [9.17, 15) is 4.79 Å². The van der Waals surface area contributed by atoms with Crippen LogP contribution in [0.15, 0.2) is 60.9 Å². The quantitative estimate of drug-likeness (QED) is 0.588. The van der Waals surface area contributed by atoms with Gasteiger partial charge in [-0.05, 0) is 31.2 Å². The molecule has 0 aliphatic heterocycles. The van der Waals surface area contributed by atoms with Gasteiger partial charge in [0.25, 0.3) is 5.91 Å². The number of anilines is 1. The number of nitrogens with zero attached hydrogens (tertiary/aromatic N) is 3. The molecule has 26 heavy (non-hydrogen) atoms. The molecular weight excluding hydrogens is 330 g/mol. The van der Waals surface area contributed by atoms with Crippen LogP contribution < -0.4 is 10.1 Å². The van der Waals surface area contributed by atoms with E-state index in [2.05, 4.69) is 25.5 Å². The first kappa shape index (κ1) is 15.8. The molecule has 0 fully saturated rings. The third-order valence-corrected chi connectivity index (χ3v) is 3.82. The second kappa shape index (κ2) is 6.64. The minimum Gasteiger partial charge on any atom is -0.439 e. The maximum Gasteiger partial charge on any atom is 0.257 e. The Morgan fingerprint density at radius 1 is 1.08 bits per heavy atom. The zero-order chi connectivity index (χ0) is 17.9. The van der Waals surface area contributed by atoms with Gasteiger partial charge in [-0.25, -0.2) is 9.97 Å². The van der Waals surface area contributed by atoms with Crippen LogP contribution in [0.4, 0.5) is 5.69 Å². The first-order valence-corrected chi connectivity index (χ1v) is 8.00. The maximum absolute atomic E-state index is 12.4. The Kier molecular flexibility index (Phi) is 4.03. The largest absolute Gasteiger partial charge is 0.439 e. The number of hydrogen-bond acceptors (Lipinski definition) is 5. The lowest BCUT2D eigenvalue weighted by molar-refractivity contribution is 0.102. The molecule has 0 saturated heterocycles. The smallest absolute Gasteiger partial charge is 0.257 e. The standard InChI is InChI=1S/C19H15N5O2/c1-12-16-9-14(11-21-18(16)24-23-12)22-19(25)13-7-8-17(20-10-13)26-15-5-3-2-4-6-15/h2-11H,1H3,(H,22,25)(H,21,23,24). The molecule has 128 valence electrons. The van der Waals surface area contributed by atoms with Crippen LogP contribution >= 0.6 is 0 Å². The van der Waals surface area contributed by atoms with E-state index in [-0.39, 0.29) is 5.91 Å². The van der Waals surface area contributed by atoms with Gasteiger partial charge in [-0.15, -0.1) is 0 Å². The molecule has 0 aliphatic rings. The predicted molar refractivity (Wildman–Crippen MR) is 97.3 cm³/mol. The average Bonchev–Trinajstić information content (AvgIpc) is 3.04. The fourth-order valence-electron chi connectivity index (χ4n) is 2.48. The second-order valence-corrected chi connectivity index (χ2v) is 5.70. The molecule has 4 aromatic rings. The Labute approximate surface area is 149 Å². The molecule has 0 atom stereocenters. The maximum atomic E-state index is 12.4. The average molecular weight is 345 g/mol. The SMILES string of the molecule is Cc1[nH]nc2ncc(NC(=O)c3ccc(Oc4ccccc4)nc3)cc12. The summed E-state index contributed by atoms with van der Waals surface area (Å²) < 4.78 is 5.62. The number of benzene rings is 1. The van der Waals surface area contributed by atoms with Crippen molar-refractivity contribution in [3.8, 4) is 11.6 Å². The summed E-state index contributed by atoms with van der Waals surface area (Å²) in [5, 5.41) is 10.6. The second-order valence-electron chi connectivity index (χ2n) is 5.70. The van der Waals surface area contributed by atoms with Crippen molar-refractivity contribution in [2.45, 2.75) is 6.92 Å². The van der Waals surface area contributed by atoms with Gasteiger partial charge in [0.05, 0.1) is 17.4 Å². The number of amides is 1. The van der Waals surface area contributed by atoms with Gasteiger partial charge in [0, 0.05) is 23.3 Å². The van der Waals surface area contributed by atoms with Gasteiger partial charge in [-0.3, -0.25) is 9.89 Å². The van der Waals surface area contributed by atoms with E-state index in [1.807, 2.05) is 43.3 Å². The van der Waals surface area contributed by atoms with Gasteiger partial charge in [0.2, 0.25) is 5.88 Å². The van der Waals surface area contributed by atoms with Crippen molar-refractivity contribution in [2.75, 3.05) is 5.32 Å². The van der Waals surface area contributed by atoms with Crippen molar-refractivity contribution in [2.24, 2.45) is 0 Å². The van der Waals surface area contributed by atoms with E-state index in [1.165, 1.54) is 6.20 Å². The minimum atomic E-state index is -0.272. The minimum absolute atomic E-state index is 0.272. The van der Waals surface area contributed by atoms with Crippen LogP contribution in [0.2, 0.25) is 0 Å². The monoisotopic (exact) mass is 345 g/mol. The van der Waals surface area contributed by atoms with Crippen LogP contribution in [0.5, 0.6) is 11.6 Å². The molecule has 4 rings (SSSR count). The first-order chi connectivity index (χ1) is 12.7.